The van der Waals surface area contributed by atoms with Crippen molar-refractivity contribution in [1.29, 1.82) is 0 Å². The number of carbonyl (C=O) groups is 2. The number of nitrogens with zero attached hydrogens (tertiary/aromatic N) is 1. The van der Waals surface area contributed by atoms with Gasteiger partial charge in [0.15, 0.2) is 8.32 Å². The highest BCUT2D eigenvalue weighted by Crippen LogP contribution is 2.38. The second-order valence-electron chi connectivity index (χ2n) is 8.03. The third-order valence-corrected chi connectivity index (χ3v) is 8.94. The van der Waals surface area contributed by atoms with Gasteiger partial charge < -0.3 is 19.7 Å². The molecule has 23 heavy (non-hydrogen) atoms. The smallest absolute Gasteiger partial charge is 0.407 e. The third kappa shape index (κ3) is 6.91. The maximum Gasteiger partial charge on any atom is 0.407 e. The summed E-state index contributed by atoms with van der Waals surface area (Å²) in [5.41, 5.74) is 0. The lowest BCUT2D eigenvalue weighted by Crippen LogP contribution is -2.52. The highest BCUT2D eigenvalue weighted by Gasteiger charge is 2.41. The first-order valence-corrected chi connectivity index (χ1v) is 11.0. The summed E-state index contributed by atoms with van der Waals surface area (Å²) in [4.78, 5) is 24.7. The average Bonchev–Trinajstić information content (AvgIpc) is 2.34. The highest BCUT2D eigenvalue weighted by molar-refractivity contribution is 6.74. The quantitative estimate of drug-likeness (QED) is 0.694. The van der Waals surface area contributed by atoms with Crippen LogP contribution in [0.25, 0.3) is 0 Å². The molecule has 0 saturated heterocycles. The van der Waals surface area contributed by atoms with Crippen molar-refractivity contribution in [1.82, 2.24) is 10.2 Å². The Morgan fingerprint density at radius 3 is 2.04 bits per heavy atom. The van der Waals surface area contributed by atoms with Crippen molar-refractivity contribution >= 4 is 20.3 Å². The fraction of sp³-hybridized carbons (Fsp3) is 0.875. The summed E-state index contributed by atoms with van der Waals surface area (Å²) in [6.45, 7) is 16.3. The van der Waals surface area contributed by atoms with Crippen LogP contribution < -0.4 is 5.32 Å². The number of amides is 2. The Kier molecular flexibility index (Phi) is 7.76. The Bertz CT molecular complexity index is 419. The van der Waals surface area contributed by atoms with Gasteiger partial charge in [0.2, 0.25) is 5.91 Å². The molecule has 0 aromatic heterocycles. The van der Waals surface area contributed by atoms with Gasteiger partial charge in [-0.15, -0.1) is 0 Å². The Labute approximate surface area is 141 Å². The highest BCUT2D eigenvalue weighted by atomic mass is 28.4. The molecule has 2 N–H and O–H groups in total. The molecular formula is C16H34N2O4Si. The summed E-state index contributed by atoms with van der Waals surface area (Å²) in [6, 6.07) is 0.0377. The zero-order chi connectivity index (χ0) is 18.6. The van der Waals surface area contributed by atoms with Gasteiger partial charge in [-0.2, -0.15) is 0 Å². The first kappa shape index (κ1) is 21.9. The lowest BCUT2D eigenvalue weighted by atomic mass is 10.0. The van der Waals surface area contributed by atoms with Gasteiger partial charge in [0.25, 0.3) is 0 Å². The van der Waals surface area contributed by atoms with E-state index < -0.39 is 26.4 Å². The van der Waals surface area contributed by atoms with E-state index in [2.05, 4.69) is 39.2 Å². The Morgan fingerprint density at radius 1 is 1.22 bits per heavy atom. The molecular weight excluding hydrogens is 312 g/mol. The predicted molar refractivity (Wildman–Crippen MR) is 95.2 cm³/mol. The monoisotopic (exact) mass is 346 g/mol. The van der Waals surface area contributed by atoms with E-state index in [1.165, 1.54) is 11.9 Å². The van der Waals surface area contributed by atoms with Crippen molar-refractivity contribution in [2.24, 2.45) is 5.92 Å². The first-order valence-electron chi connectivity index (χ1n) is 8.11. The van der Waals surface area contributed by atoms with Gasteiger partial charge in [-0.05, 0) is 32.0 Å². The van der Waals surface area contributed by atoms with Gasteiger partial charge >= 0.3 is 6.09 Å². The fourth-order valence-corrected chi connectivity index (χ4v) is 3.17. The number of hydrogen-bond donors (Lipinski definition) is 2. The summed E-state index contributed by atoms with van der Waals surface area (Å²) in [6.07, 6.45) is -1.49. The molecule has 0 aliphatic heterocycles. The van der Waals surface area contributed by atoms with Crippen LogP contribution in [0.4, 0.5) is 4.79 Å². The number of hydrogen-bond acceptors (Lipinski definition) is 3. The molecule has 136 valence electrons. The minimum atomic E-state index is -2.12. The zero-order valence-corrected chi connectivity index (χ0v) is 17.1. The van der Waals surface area contributed by atoms with Crippen LogP contribution in [-0.2, 0) is 9.22 Å². The molecule has 0 unspecified atom stereocenters. The summed E-state index contributed by atoms with van der Waals surface area (Å²) in [5, 5.41) is 12.0. The van der Waals surface area contributed by atoms with Crippen LogP contribution in [0.3, 0.4) is 0 Å². The number of likely N-dealkylation sites (N-methyl/N-ethyl adjacent to an activating group) is 1. The Balaban J connectivity index is 5.31. The number of carbonyl (C=O) groups excluding carboxylic acids is 1. The van der Waals surface area contributed by atoms with Crippen LogP contribution >= 0.6 is 0 Å². The Hall–Kier alpha value is -1.08. The molecule has 2 atom stereocenters. The number of nitrogens with one attached hydrogen (secondary N) is 1. The van der Waals surface area contributed by atoms with E-state index in [1.807, 2.05) is 13.8 Å². The van der Waals surface area contributed by atoms with Gasteiger partial charge in [-0.1, -0.05) is 27.7 Å². The molecule has 6 nitrogen and oxygen atoms in total. The van der Waals surface area contributed by atoms with Crippen LogP contribution in [0.15, 0.2) is 0 Å². The molecule has 0 aromatic carbocycles. The number of rotatable bonds is 7. The molecule has 7 heteroatoms. The van der Waals surface area contributed by atoms with Crippen LogP contribution in [-0.4, -0.2) is 56.1 Å². The van der Waals surface area contributed by atoms with Crippen molar-refractivity contribution in [2.45, 2.75) is 71.8 Å². The molecule has 0 radical (unpaired) electrons. The second-order valence-corrected chi connectivity index (χ2v) is 12.8. The second kappa shape index (κ2) is 8.15. The lowest BCUT2D eigenvalue weighted by molar-refractivity contribution is -0.128. The molecule has 0 spiro atoms. The van der Waals surface area contributed by atoms with Crippen molar-refractivity contribution in [3.05, 3.63) is 0 Å². The van der Waals surface area contributed by atoms with Gasteiger partial charge in [0.05, 0.1) is 12.0 Å². The molecule has 0 aliphatic carbocycles. The molecule has 0 aliphatic rings. The van der Waals surface area contributed by atoms with E-state index in [1.54, 1.807) is 6.92 Å². The predicted octanol–water partition coefficient (Wildman–Crippen LogP) is 3.15. The van der Waals surface area contributed by atoms with E-state index in [9.17, 15) is 9.59 Å². The molecule has 0 saturated carbocycles. The number of carboxylic acid groups (broad SMARTS) is 1. The molecule has 0 aromatic rings. The van der Waals surface area contributed by atoms with E-state index in [0.717, 1.165) is 0 Å². The van der Waals surface area contributed by atoms with Crippen molar-refractivity contribution in [3.8, 4) is 0 Å². The van der Waals surface area contributed by atoms with E-state index >= 15 is 0 Å². The summed E-state index contributed by atoms with van der Waals surface area (Å²) in [5.74, 6) is -0.532. The van der Waals surface area contributed by atoms with Crippen molar-refractivity contribution in [3.63, 3.8) is 0 Å². The van der Waals surface area contributed by atoms with Crippen molar-refractivity contribution < 1.29 is 19.1 Å². The zero-order valence-electron chi connectivity index (χ0n) is 16.1. The van der Waals surface area contributed by atoms with Gasteiger partial charge in [0, 0.05) is 19.6 Å². The topological polar surface area (TPSA) is 78.9 Å². The van der Waals surface area contributed by atoms with Gasteiger partial charge in [0.1, 0.15) is 0 Å². The lowest BCUT2D eigenvalue weighted by Gasteiger charge is -2.41. The molecule has 2 amide bonds. The maximum absolute atomic E-state index is 12.3. The molecule has 0 heterocycles. The fourth-order valence-electron chi connectivity index (χ4n) is 1.79. The van der Waals surface area contributed by atoms with E-state index in [-0.39, 0.29) is 23.5 Å². The summed E-state index contributed by atoms with van der Waals surface area (Å²) in [7, 11) is -0.620. The van der Waals surface area contributed by atoms with Gasteiger partial charge in [-0.3, -0.25) is 4.79 Å². The van der Waals surface area contributed by atoms with Crippen LogP contribution in [0.5, 0.6) is 0 Å². The van der Waals surface area contributed by atoms with Crippen LogP contribution in [0.2, 0.25) is 18.1 Å². The largest absolute Gasteiger partial charge is 0.465 e. The minimum absolute atomic E-state index is 0.0126. The van der Waals surface area contributed by atoms with E-state index in [0.29, 0.717) is 0 Å². The minimum Gasteiger partial charge on any atom is -0.465 e. The summed E-state index contributed by atoms with van der Waals surface area (Å²) >= 11 is 0. The summed E-state index contributed by atoms with van der Waals surface area (Å²) < 4.78 is 6.36. The van der Waals surface area contributed by atoms with Gasteiger partial charge in [-0.25, -0.2) is 4.79 Å². The Morgan fingerprint density at radius 2 is 1.70 bits per heavy atom. The maximum atomic E-state index is 12.3. The molecule has 0 fully saturated rings. The average molecular weight is 347 g/mol. The third-order valence-electron chi connectivity index (χ3n) is 4.43. The normalized spacial score (nSPS) is 15.2. The van der Waals surface area contributed by atoms with Crippen LogP contribution in [0.1, 0.15) is 41.5 Å². The molecule has 0 bridgehead atoms. The SMILES string of the molecule is CC(C)NC(=O)[C@@H](C)[C@@H](CN(C)C(=O)O)O[Si](C)(C)C(C)(C)C. The molecule has 0 rings (SSSR count). The van der Waals surface area contributed by atoms with Crippen LogP contribution in [0, 0.1) is 5.92 Å². The van der Waals surface area contributed by atoms with Crippen molar-refractivity contribution in [2.75, 3.05) is 13.6 Å². The first-order chi connectivity index (χ1) is 10.2. The van der Waals surface area contributed by atoms with E-state index in [4.69, 9.17) is 9.53 Å². The standard InChI is InChI=1S/C16H34N2O4Si/c1-11(2)17-14(19)12(3)13(10-18(7)15(20)21)22-23(8,9)16(4,5)6/h11-13H,10H2,1-9H3,(H,17,19)(H,20,21)/t12-,13+/m0/s1.